The molecule has 0 aromatic carbocycles. The van der Waals surface area contributed by atoms with E-state index in [1.54, 1.807) is 0 Å². The van der Waals surface area contributed by atoms with Gasteiger partial charge in [-0.3, -0.25) is 0 Å². The molecule has 0 heterocycles. The standard InChI is InChI=1S/C22H39N3/c1-5-13-24(14-6-2)15-7-8-16-25(18-20(3)4)19-22-11-9-21(17-23)10-12-22/h9-11,20,22H,5-8,12-16,18-19H2,1-4H3. The molecule has 0 saturated heterocycles. The predicted molar refractivity (Wildman–Crippen MR) is 108 cm³/mol. The lowest BCUT2D eigenvalue weighted by molar-refractivity contribution is 0.209. The molecule has 0 fully saturated rings. The maximum atomic E-state index is 8.96. The van der Waals surface area contributed by atoms with E-state index in [2.05, 4.69) is 55.7 Å². The van der Waals surface area contributed by atoms with Gasteiger partial charge in [-0.1, -0.05) is 39.8 Å². The van der Waals surface area contributed by atoms with Gasteiger partial charge < -0.3 is 9.80 Å². The molecule has 1 rings (SSSR count). The monoisotopic (exact) mass is 345 g/mol. The average molecular weight is 346 g/mol. The van der Waals surface area contributed by atoms with Crippen LogP contribution in [-0.2, 0) is 0 Å². The third-order valence-electron chi connectivity index (χ3n) is 4.71. The van der Waals surface area contributed by atoms with Crippen molar-refractivity contribution in [2.24, 2.45) is 11.8 Å². The van der Waals surface area contributed by atoms with E-state index >= 15 is 0 Å². The summed E-state index contributed by atoms with van der Waals surface area (Å²) in [5.41, 5.74) is 0.818. The summed E-state index contributed by atoms with van der Waals surface area (Å²) >= 11 is 0. The van der Waals surface area contributed by atoms with Crippen molar-refractivity contribution in [2.45, 2.75) is 59.8 Å². The van der Waals surface area contributed by atoms with Crippen molar-refractivity contribution in [3.05, 3.63) is 23.8 Å². The zero-order chi connectivity index (χ0) is 18.5. The molecule has 25 heavy (non-hydrogen) atoms. The van der Waals surface area contributed by atoms with E-state index in [1.165, 1.54) is 58.4 Å². The minimum atomic E-state index is 0.563. The molecule has 0 aromatic heterocycles. The molecule has 0 spiro atoms. The normalized spacial score (nSPS) is 17.4. The van der Waals surface area contributed by atoms with Gasteiger partial charge in [-0.2, -0.15) is 5.26 Å². The van der Waals surface area contributed by atoms with Gasteiger partial charge in [-0.05, 0) is 76.2 Å². The summed E-state index contributed by atoms with van der Waals surface area (Å²) in [6, 6.07) is 2.24. The number of rotatable bonds is 13. The molecule has 1 atom stereocenters. The first kappa shape index (κ1) is 21.9. The van der Waals surface area contributed by atoms with Crippen LogP contribution in [-0.4, -0.2) is 49.1 Å². The smallest absolute Gasteiger partial charge is 0.0988 e. The van der Waals surface area contributed by atoms with Crippen LogP contribution < -0.4 is 0 Å². The van der Waals surface area contributed by atoms with Gasteiger partial charge in [0.25, 0.3) is 0 Å². The van der Waals surface area contributed by atoms with Gasteiger partial charge >= 0.3 is 0 Å². The molecule has 1 aliphatic rings. The van der Waals surface area contributed by atoms with Crippen molar-refractivity contribution in [1.82, 2.24) is 9.80 Å². The van der Waals surface area contributed by atoms with E-state index in [9.17, 15) is 0 Å². The van der Waals surface area contributed by atoms with Crippen LogP contribution in [0.4, 0.5) is 0 Å². The Morgan fingerprint density at radius 2 is 1.72 bits per heavy atom. The van der Waals surface area contributed by atoms with Crippen LogP contribution in [0.5, 0.6) is 0 Å². The Hall–Kier alpha value is -1.11. The Balaban J connectivity index is 2.37. The van der Waals surface area contributed by atoms with Crippen LogP contribution in [0.25, 0.3) is 0 Å². The maximum absolute atomic E-state index is 8.96. The number of hydrogen-bond acceptors (Lipinski definition) is 3. The van der Waals surface area contributed by atoms with Crippen molar-refractivity contribution in [3.63, 3.8) is 0 Å². The summed E-state index contributed by atoms with van der Waals surface area (Å²) in [7, 11) is 0. The second kappa shape index (κ2) is 13.1. The highest BCUT2D eigenvalue weighted by Crippen LogP contribution is 2.18. The molecule has 3 heteroatoms. The van der Waals surface area contributed by atoms with Crippen molar-refractivity contribution in [2.75, 3.05) is 39.3 Å². The summed E-state index contributed by atoms with van der Waals surface area (Å²) < 4.78 is 0. The lowest BCUT2D eigenvalue weighted by atomic mass is 9.96. The molecule has 142 valence electrons. The van der Waals surface area contributed by atoms with Crippen molar-refractivity contribution < 1.29 is 0 Å². The highest BCUT2D eigenvalue weighted by Gasteiger charge is 2.15. The molecule has 0 N–H and O–H groups in total. The average Bonchev–Trinajstić information content (AvgIpc) is 2.59. The number of unbranched alkanes of at least 4 members (excludes halogenated alkanes) is 1. The Bertz CT molecular complexity index is 439. The third kappa shape index (κ3) is 9.82. The molecule has 0 aliphatic heterocycles. The van der Waals surface area contributed by atoms with Gasteiger partial charge in [-0.15, -0.1) is 0 Å². The minimum absolute atomic E-state index is 0.563. The van der Waals surface area contributed by atoms with Crippen LogP contribution in [0.15, 0.2) is 23.8 Å². The van der Waals surface area contributed by atoms with E-state index < -0.39 is 0 Å². The molecular weight excluding hydrogens is 306 g/mol. The van der Waals surface area contributed by atoms with Gasteiger partial charge in [-0.25, -0.2) is 0 Å². The fraction of sp³-hybridized carbons (Fsp3) is 0.773. The molecule has 1 aliphatic carbocycles. The van der Waals surface area contributed by atoms with Gasteiger partial charge in [0.15, 0.2) is 0 Å². The number of allylic oxidation sites excluding steroid dienone is 3. The Labute approximate surface area is 156 Å². The van der Waals surface area contributed by atoms with E-state index in [0.29, 0.717) is 11.8 Å². The largest absolute Gasteiger partial charge is 0.303 e. The second-order valence-corrected chi connectivity index (χ2v) is 7.83. The Morgan fingerprint density at radius 1 is 1.08 bits per heavy atom. The first-order valence-corrected chi connectivity index (χ1v) is 10.3. The molecule has 1 unspecified atom stereocenters. The van der Waals surface area contributed by atoms with Gasteiger partial charge in [0.2, 0.25) is 0 Å². The Kier molecular flexibility index (Phi) is 11.5. The van der Waals surface area contributed by atoms with Crippen LogP contribution in [0, 0.1) is 23.2 Å². The van der Waals surface area contributed by atoms with Gasteiger partial charge in [0.1, 0.15) is 0 Å². The van der Waals surface area contributed by atoms with Crippen molar-refractivity contribution >= 4 is 0 Å². The maximum Gasteiger partial charge on any atom is 0.0988 e. The zero-order valence-corrected chi connectivity index (χ0v) is 17.0. The quantitative estimate of drug-likeness (QED) is 0.446. The molecule has 0 amide bonds. The molecule has 0 aromatic rings. The number of hydrogen-bond donors (Lipinski definition) is 0. The number of nitriles is 1. The molecule has 0 bridgehead atoms. The lowest BCUT2D eigenvalue weighted by Crippen LogP contribution is -2.34. The molecule has 0 radical (unpaired) electrons. The second-order valence-electron chi connectivity index (χ2n) is 7.83. The molecule has 3 nitrogen and oxygen atoms in total. The summed E-state index contributed by atoms with van der Waals surface area (Å²) in [5.74, 6) is 1.27. The SMILES string of the molecule is CCCN(CCC)CCCCN(CC(C)C)CC1C=CC(C#N)=CC1. The van der Waals surface area contributed by atoms with Crippen LogP contribution in [0.1, 0.15) is 59.8 Å². The highest BCUT2D eigenvalue weighted by molar-refractivity contribution is 5.35. The lowest BCUT2D eigenvalue weighted by Gasteiger charge is -2.28. The zero-order valence-electron chi connectivity index (χ0n) is 17.0. The van der Waals surface area contributed by atoms with Crippen LogP contribution in [0.2, 0.25) is 0 Å². The van der Waals surface area contributed by atoms with Crippen LogP contribution in [0.3, 0.4) is 0 Å². The topological polar surface area (TPSA) is 30.3 Å². The van der Waals surface area contributed by atoms with Crippen molar-refractivity contribution in [3.8, 4) is 6.07 Å². The van der Waals surface area contributed by atoms with E-state index in [0.717, 1.165) is 18.5 Å². The Morgan fingerprint density at radius 3 is 2.20 bits per heavy atom. The number of nitrogens with zero attached hydrogens (tertiary/aromatic N) is 3. The third-order valence-corrected chi connectivity index (χ3v) is 4.71. The highest BCUT2D eigenvalue weighted by atomic mass is 15.1. The van der Waals surface area contributed by atoms with E-state index in [4.69, 9.17) is 5.26 Å². The van der Waals surface area contributed by atoms with E-state index in [1.807, 2.05) is 6.08 Å². The summed E-state index contributed by atoms with van der Waals surface area (Å²) in [5, 5.41) is 8.96. The summed E-state index contributed by atoms with van der Waals surface area (Å²) in [6.45, 7) is 16.4. The molecular formula is C22H39N3. The first-order valence-electron chi connectivity index (χ1n) is 10.3. The molecule has 0 saturated carbocycles. The van der Waals surface area contributed by atoms with E-state index in [-0.39, 0.29) is 0 Å². The fourth-order valence-electron chi connectivity index (χ4n) is 3.63. The minimum Gasteiger partial charge on any atom is -0.303 e. The summed E-state index contributed by atoms with van der Waals surface area (Å²) in [4.78, 5) is 5.25. The first-order chi connectivity index (χ1) is 12.1. The van der Waals surface area contributed by atoms with Gasteiger partial charge in [0.05, 0.1) is 6.07 Å². The fourth-order valence-corrected chi connectivity index (χ4v) is 3.63. The van der Waals surface area contributed by atoms with Crippen molar-refractivity contribution in [1.29, 1.82) is 5.26 Å². The van der Waals surface area contributed by atoms with Gasteiger partial charge in [0, 0.05) is 18.7 Å². The predicted octanol–water partition coefficient (Wildman–Crippen LogP) is 4.87. The summed E-state index contributed by atoms with van der Waals surface area (Å²) in [6.07, 6.45) is 12.4. The van der Waals surface area contributed by atoms with Crippen LogP contribution >= 0.6 is 0 Å².